The van der Waals surface area contributed by atoms with Gasteiger partial charge in [-0.15, -0.1) is 0 Å². The SMILES string of the molecule is COC(=O)c1cccc(NC(=O)c2cnccc2Cl)c1C. The summed E-state index contributed by atoms with van der Waals surface area (Å²) in [6, 6.07) is 6.53. The Morgan fingerprint density at radius 1 is 1.24 bits per heavy atom. The van der Waals surface area contributed by atoms with E-state index in [9.17, 15) is 9.59 Å². The fourth-order valence-corrected chi connectivity index (χ4v) is 2.03. The van der Waals surface area contributed by atoms with Crippen LogP contribution in [0.4, 0.5) is 5.69 Å². The number of halogens is 1. The molecule has 0 fully saturated rings. The maximum atomic E-state index is 12.2. The molecule has 1 aromatic heterocycles. The van der Waals surface area contributed by atoms with Crippen molar-refractivity contribution in [2.24, 2.45) is 0 Å². The van der Waals surface area contributed by atoms with Crippen LogP contribution in [0.5, 0.6) is 0 Å². The Balaban J connectivity index is 2.30. The van der Waals surface area contributed by atoms with E-state index in [4.69, 9.17) is 16.3 Å². The van der Waals surface area contributed by atoms with Crippen molar-refractivity contribution in [1.29, 1.82) is 0 Å². The van der Waals surface area contributed by atoms with E-state index in [0.717, 1.165) is 0 Å². The van der Waals surface area contributed by atoms with Gasteiger partial charge in [-0.2, -0.15) is 0 Å². The molecule has 1 heterocycles. The fraction of sp³-hybridized carbons (Fsp3) is 0.133. The lowest BCUT2D eigenvalue weighted by Gasteiger charge is -2.11. The number of methoxy groups -OCH3 is 1. The molecule has 6 heteroatoms. The molecule has 0 unspecified atom stereocenters. The first-order valence-electron chi connectivity index (χ1n) is 6.13. The number of carbonyl (C=O) groups is 2. The van der Waals surface area contributed by atoms with Gasteiger partial charge in [0.05, 0.1) is 23.3 Å². The molecule has 2 aromatic rings. The van der Waals surface area contributed by atoms with E-state index in [1.807, 2.05) is 0 Å². The van der Waals surface area contributed by atoms with Gasteiger partial charge >= 0.3 is 5.97 Å². The van der Waals surface area contributed by atoms with Gasteiger partial charge in [-0.05, 0) is 30.7 Å². The maximum absolute atomic E-state index is 12.2. The third kappa shape index (κ3) is 3.20. The molecular weight excluding hydrogens is 292 g/mol. The van der Waals surface area contributed by atoms with Gasteiger partial charge in [0.25, 0.3) is 5.91 Å². The third-order valence-corrected chi connectivity index (χ3v) is 3.33. The van der Waals surface area contributed by atoms with E-state index in [0.29, 0.717) is 21.8 Å². The number of aromatic nitrogens is 1. The minimum Gasteiger partial charge on any atom is -0.465 e. The lowest BCUT2D eigenvalue weighted by atomic mass is 10.1. The quantitative estimate of drug-likeness (QED) is 0.885. The summed E-state index contributed by atoms with van der Waals surface area (Å²) in [4.78, 5) is 27.7. The van der Waals surface area contributed by atoms with Crippen molar-refractivity contribution in [3.05, 3.63) is 58.4 Å². The zero-order valence-electron chi connectivity index (χ0n) is 11.5. The van der Waals surface area contributed by atoms with Crippen molar-refractivity contribution in [1.82, 2.24) is 4.98 Å². The second-order valence-corrected chi connectivity index (χ2v) is 4.69. The minimum absolute atomic E-state index is 0.266. The molecule has 1 aromatic carbocycles. The van der Waals surface area contributed by atoms with Crippen LogP contribution < -0.4 is 5.32 Å². The Kier molecular flexibility index (Phi) is 4.55. The molecule has 1 amide bonds. The summed E-state index contributed by atoms with van der Waals surface area (Å²) in [6.07, 6.45) is 2.89. The number of anilines is 1. The third-order valence-electron chi connectivity index (χ3n) is 3.00. The van der Waals surface area contributed by atoms with Crippen molar-refractivity contribution in [3.8, 4) is 0 Å². The average Bonchev–Trinajstić information content (AvgIpc) is 2.49. The number of hydrogen-bond donors (Lipinski definition) is 1. The second kappa shape index (κ2) is 6.37. The molecule has 0 bridgehead atoms. The fourth-order valence-electron chi connectivity index (χ4n) is 1.84. The number of amides is 1. The molecule has 5 nitrogen and oxygen atoms in total. The molecule has 0 aliphatic heterocycles. The summed E-state index contributed by atoms with van der Waals surface area (Å²) in [5, 5.41) is 3.03. The van der Waals surface area contributed by atoms with E-state index in [1.54, 1.807) is 25.1 Å². The summed E-state index contributed by atoms with van der Waals surface area (Å²) in [6.45, 7) is 1.73. The number of hydrogen-bond acceptors (Lipinski definition) is 4. The number of carbonyl (C=O) groups excluding carboxylic acids is 2. The van der Waals surface area contributed by atoms with Crippen LogP contribution in [0.3, 0.4) is 0 Å². The molecule has 0 saturated heterocycles. The molecule has 2 rings (SSSR count). The van der Waals surface area contributed by atoms with Gasteiger partial charge in [0.1, 0.15) is 0 Å². The van der Waals surface area contributed by atoms with Crippen LogP contribution in [0.1, 0.15) is 26.3 Å². The Morgan fingerprint density at radius 2 is 2.00 bits per heavy atom. The molecule has 0 spiro atoms. The molecule has 0 aliphatic carbocycles. The second-order valence-electron chi connectivity index (χ2n) is 4.28. The molecule has 0 saturated carbocycles. The normalized spacial score (nSPS) is 10.0. The van der Waals surface area contributed by atoms with E-state index >= 15 is 0 Å². The van der Waals surface area contributed by atoms with Crippen LogP contribution in [0, 0.1) is 6.92 Å². The number of benzene rings is 1. The topological polar surface area (TPSA) is 68.3 Å². The molecule has 0 aliphatic rings. The molecule has 1 N–H and O–H groups in total. The predicted octanol–water partition coefficient (Wildman–Crippen LogP) is 3.08. The summed E-state index contributed by atoms with van der Waals surface area (Å²) < 4.78 is 4.70. The van der Waals surface area contributed by atoms with Gasteiger partial charge in [0.15, 0.2) is 0 Å². The van der Waals surface area contributed by atoms with Crippen LogP contribution in [0.15, 0.2) is 36.7 Å². The van der Waals surface area contributed by atoms with Crippen molar-refractivity contribution >= 4 is 29.2 Å². The van der Waals surface area contributed by atoms with E-state index in [2.05, 4.69) is 10.3 Å². The highest BCUT2D eigenvalue weighted by Gasteiger charge is 2.15. The summed E-state index contributed by atoms with van der Waals surface area (Å²) in [5.41, 5.74) is 1.80. The van der Waals surface area contributed by atoms with Crippen LogP contribution in [-0.2, 0) is 4.74 Å². The van der Waals surface area contributed by atoms with Crippen LogP contribution in [0.2, 0.25) is 5.02 Å². The Bertz CT molecular complexity index is 701. The first kappa shape index (κ1) is 15.0. The molecule has 0 radical (unpaired) electrons. The Labute approximate surface area is 126 Å². The standard InChI is InChI=1S/C15H13ClN2O3/c1-9-10(15(20)21-2)4-3-5-13(9)18-14(19)11-8-17-7-6-12(11)16/h3-8H,1-2H3,(H,18,19). The van der Waals surface area contributed by atoms with Gasteiger partial charge in [-0.1, -0.05) is 17.7 Å². The average molecular weight is 305 g/mol. The Hall–Kier alpha value is -2.40. The van der Waals surface area contributed by atoms with Gasteiger partial charge < -0.3 is 10.1 Å². The summed E-state index contributed by atoms with van der Waals surface area (Å²) >= 11 is 5.95. The summed E-state index contributed by atoms with van der Waals surface area (Å²) in [5.74, 6) is -0.846. The highest BCUT2D eigenvalue weighted by molar-refractivity contribution is 6.34. The van der Waals surface area contributed by atoms with E-state index in [1.165, 1.54) is 25.6 Å². The number of ether oxygens (including phenoxy) is 1. The van der Waals surface area contributed by atoms with Crippen molar-refractivity contribution < 1.29 is 14.3 Å². The Morgan fingerprint density at radius 3 is 2.67 bits per heavy atom. The summed E-state index contributed by atoms with van der Waals surface area (Å²) in [7, 11) is 1.31. The predicted molar refractivity (Wildman–Crippen MR) is 79.7 cm³/mol. The number of pyridine rings is 1. The van der Waals surface area contributed by atoms with Gasteiger partial charge in [-0.3, -0.25) is 9.78 Å². The van der Waals surface area contributed by atoms with Gasteiger partial charge in [0.2, 0.25) is 0 Å². The zero-order valence-corrected chi connectivity index (χ0v) is 12.3. The number of nitrogens with zero attached hydrogens (tertiary/aromatic N) is 1. The first-order chi connectivity index (χ1) is 10.0. The lowest BCUT2D eigenvalue weighted by molar-refractivity contribution is 0.0599. The van der Waals surface area contributed by atoms with Crippen molar-refractivity contribution in [3.63, 3.8) is 0 Å². The molecule has 21 heavy (non-hydrogen) atoms. The number of rotatable bonds is 3. The van der Waals surface area contributed by atoms with Gasteiger partial charge in [0, 0.05) is 18.1 Å². The molecule has 0 atom stereocenters. The van der Waals surface area contributed by atoms with Crippen molar-refractivity contribution in [2.45, 2.75) is 6.92 Å². The monoisotopic (exact) mass is 304 g/mol. The lowest BCUT2D eigenvalue weighted by Crippen LogP contribution is -2.15. The molecule has 108 valence electrons. The largest absolute Gasteiger partial charge is 0.465 e. The van der Waals surface area contributed by atoms with Crippen LogP contribution in [0.25, 0.3) is 0 Å². The zero-order chi connectivity index (χ0) is 15.4. The van der Waals surface area contributed by atoms with E-state index in [-0.39, 0.29) is 5.56 Å². The van der Waals surface area contributed by atoms with E-state index < -0.39 is 11.9 Å². The van der Waals surface area contributed by atoms with Crippen LogP contribution in [-0.4, -0.2) is 24.0 Å². The highest BCUT2D eigenvalue weighted by Crippen LogP contribution is 2.22. The number of nitrogens with one attached hydrogen (secondary N) is 1. The maximum Gasteiger partial charge on any atom is 0.338 e. The first-order valence-corrected chi connectivity index (χ1v) is 6.51. The van der Waals surface area contributed by atoms with Gasteiger partial charge in [-0.25, -0.2) is 4.79 Å². The number of esters is 1. The van der Waals surface area contributed by atoms with Crippen LogP contribution >= 0.6 is 11.6 Å². The molecular formula is C15H13ClN2O3. The minimum atomic E-state index is -0.456. The smallest absolute Gasteiger partial charge is 0.338 e. The van der Waals surface area contributed by atoms with Crippen molar-refractivity contribution in [2.75, 3.05) is 12.4 Å². The highest BCUT2D eigenvalue weighted by atomic mass is 35.5.